The maximum absolute atomic E-state index is 13.5. The fraction of sp³-hybridized carbons (Fsp3) is 0.625. The van der Waals surface area contributed by atoms with E-state index in [1.54, 1.807) is 0 Å². The Morgan fingerprint density at radius 1 is 1.14 bits per heavy atom. The number of aliphatic hydroxyl groups is 2. The first-order valence-corrected chi connectivity index (χ1v) is 7.56. The lowest BCUT2D eigenvalue weighted by Crippen LogP contribution is -2.41. The molecule has 0 spiro atoms. The molecule has 0 heterocycles. The van der Waals surface area contributed by atoms with E-state index in [0.29, 0.717) is 6.54 Å². The van der Waals surface area contributed by atoms with E-state index in [2.05, 4.69) is 5.32 Å². The van der Waals surface area contributed by atoms with Gasteiger partial charge in [-0.2, -0.15) is 0 Å². The van der Waals surface area contributed by atoms with Crippen LogP contribution in [0.3, 0.4) is 0 Å². The first-order chi connectivity index (χ1) is 10.0. The fourth-order valence-electron chi connectivity index (χ4n) is 2.89. The average molecular weight is 299 g/mol. The molecule has 0 amide bonds. The van der Waals surface area contributed by atoms with Crippen molar-refractivity contribution in [2.24, 2.45) is 0 Å². The van der Waals surface area contributed by atoms with E-state index in [1.165, 1.54) is 6.07 Å². The second-order valence-corrected chi connectivity index (χ2v) is 5.95. The number of nitrogens with one attached hydrogen (secondary N) is 1. The number of benzene rings is 1. The van der Waals surface area contributed by atoms with Gasteiger partial charge in [0.25, 0.3) is 0 Å². The van der Waals surface area contributed by atoms with E-state index in [4.69, 9.17) is 0 Å². The Balaban J connectivity index is 1.84. The Bertz CT molecular complexity index is 460. The lowest BCUT2D eigenvalue weighted by Gasteiger charge is -2.27. The molecule has 0 aromatic heterocycles. The number of rotatable bonds is 5. The number of aliphatic hydroxyl groups excluding tert-OH is 1. The molecule has 118 valence electrons. The molecule has 0 saturated heterocycles. The zero-order valence-corrected chi connectivity index (χ0v) is 12.1. The van der Waals surface area contributed by atoms with Gasteiger partial charge >= 0.3 is 0 Å². The molecule has 0 radical (unpaired) electrons. The first kappa shape index (κ1) is 16.3. The molecule has 1 unspecified atom stereocenters. The molecule has 1 saturated carbocycles. The summed E-state index contributed by atoms with van der Waals surface area (Å²) in [5, 5.41) is 23.4. The Hall–Kier alpha value is -1.04. The SMILES string of the molecule is OC(CNCC1(O)CCCCCC1)c1ccc(F)cc1F. The maximum atomic E-state index is 13.5. The lowest BCUT2D eigenvalue weighted by molar-refractivity contribution is 0.0222. The molecule has 0 aliphatic heterocycles. The Morgan fingerprint density at radius 3 is 2.43 bits per heavy atom. The van der Waals surface area contributed by atoms with Crippen molar-refractivity contribution in [2.75, 3.05) is 13.1 Å². The largest absolute Gasteiger partial charge is 0.389 e. The van der Waals surface area contributed by atoms with E-state index in [9.17, 15) is 19.0 Å². The van der Waals surface area contributed by atoms with Gasteiger partial charge in [0, 0.05) is 24.7 Å². The van der Waals surface area contributed by atoms with Crippen molar-refractivity contribution in [3.8, 4) is 0 Å². The van der Waals surface area contributed by atoms with Crippen molar-refractivity contribution in [2.45, 2.75) is 50.2 Å². The molecular formula is C16H23F2NO2. The summed E-state index contributed by atoms with van der Waals surface area (Å²) in [6.45, 7) is 0.512. The van der Waals surface area contributed by atoms with Gasteiger partial charge in [-0.3, -0.25) is 0 Å². The van der Waals surface area contributed by atoms with Crippen molar-refractivity contribution < 1.29 is 19.0 Å². The highest BCUT2D eigenvalue weighted by Crippen LogP contribution is 2.26. The lowest BCUT2D eigenvalue weighted by atomic mass is 9.94. The van der Waals surface area contributed by atoms with Crippen LogP contribution in [-0.4, -0.2) is 28.9 Å². The minimum Gasteiger partial charge on any atom is -0.389 e. The van der Waals surface area contributed by atoms with E-state index in [0.717, 1.165) is 50.7 Å². The molecule has 1 aromatic rings. The van der Waals surface area contributed by atoms with Crippen LogP contribution in [0.4, 0.5) is 8.78 Å². The summed E-state index contributed by atoms with van der Waals surface area (Å²) in [6, 6.07) is 3.13. The van der Waals surface area contributed by atoms with Crippen LogP contribution in [0.5, 0.6) is 0 Å². The van der Waals surface area contributed by atoms with E-state index < -0.39 is 23.3 Å². The Morgan fingerprint density at radius 2 is 1.81 bits per heavy atom. The smallest absolute Gasteiger partial charge is 0.131 e. The van der Waals surface area contributed by atoms with Gasteiger partial charge in [-0.25, -0.2) is 8.78 Å². The molecule has 1 aliphatic carbocycles. The maximum Gasteiger partial charge on any atom is 0.131 e. The molecule has 3 N–H and O–H groups in total. The van der Waals surface area contributed by atoms with Crippen LogP contribution in [0.2, 0.25) is 0 Å². The van der Waals surface area contributed by atoms with Crippen LogP contribution in [-0.2, 0) is 0 Å². The molecule has 2 rings (SSSR count). The molecule has 0 bridgehead atoms. The summed E-state index contributed by atoms with van der Waals surface area (Å²) in [4.78, 5) is 0. The molecule has 1 fully saturated rings. The van der Waals surface area contributed by atoms with E-state index in [1.807, 2.05) is 0 Å². The molecule has 3 nitrogen and oxygen atoms in total. The van der Waals surface area contributed by atoms with Crippen molar-refractivity contribution >= 4 is 0 Å². The third-order valence-corrected chi connectivity index (χ3v) is 4.15. The highest BCUT2D eigenvalue weighted by atomic mass is 19.1. The second kappa shape index (κ2) is 7.29. The predicted molar refractivity (Wildman–Crippen MR) is 76.8 cm³/mol. The van der Waals surface area contributed by atoms with Crippen LogP contribution in [0.15, 0.2) is 18.2 Å². The van der Waals surface area contributed by atoms with Gasteiger partial charge in [0.15, 0.2) is 0 Å². The minimum atomic E-state index is -1.06. The van der Waals surface area contributed by atoms with Gasteiger partial charge in [0.1, 0.15) is 11.6 Å². The summed E-state index contributed by atoms with van der Waals surface area (Å²) in [6.07, 6.45) is 4.75. The summed E-state index contributed by atoms with van der Waals surface area (Å²) >= 11 is 0. The van der Waals surface area contributed by atoms with Gasteiger partial charge in [-0.15, -0.1) is 0 Å². The summed E-state index contributed by atoms with van der Waals surface area (Å²) in [7, 11) is 0. The van der Waals surface area contributed by atoms with Crippen LogP contribution in [0.1, 0.15) is 50.2 Å². The van der Waals surface area contributed by atoms with Gasteiger partial charge in [-0.1, -0.05) is 31.7 Å². The zero-order chi connectivity index (χ0) is 15.3. The first-order valence-electron chi connectivity index (χ1n) is 7.56. The molecule has 5 heteroatoms. The van der Waals surface area contributed by atoms with Crippen LogP contribution in [0, 0.1) is 11.6 Å². The van der Waals surface area contributed by atoms with Crippen LogP contribution < -0.4 is 5.32 Å². The monoisotopic (exact) mass is 299 g/mol. The topological polar surface area (TPSA) is 52.5 Å². The predicted octanol–water partition coefficient (Wildman–Crippen LogP) is 2.67. The minimum absolute atomic E-state index is 0.0664. The molecule has 21 heavy (non-hydrogen) atoms. The normalized spacial score (nSPS) is 20.0. The number of hydrogen-bond acceptors (Lipinski definition) is 3. The Labute approximate surface area is 124 Å². The quantitative estimate of drug-likeness (QED) is 0.733. The van der Waals surface area contributed by atoms with Crippen molar-refractivity contribution in [3.63, 3.8) is 0 Å². The van der Waals surface area contributed by atoms with Crippen molar-refractivity contribution in [1.82, 2.24) is 5.32 Å². The number of halogens is 2. The zero-order valence-electron chi connectivity index (χ0n) is 12.1. The van der Waals surface area contributed by atoms with Gasteiger partial charge in [-0.05, 0) is 18.9 Å². The van der Waals surface area contributed by atoms with E-state index in [-0.39, 0.29) is 12.1 Å². The summed E-state index contributed by atoms with van der Waals surface area (Å²) in [5.74, 6) is -1.42. The highest BCUT2D eigenvalue weighted by molar-refractivity contribution is 5.21. The third kappa shape index (κ3) is 4.73. The highest BCUT2D eigenvalue weighted by Gasteiger charge is 2.27. The molecule has 1 atom stereocenters. The average Bonchev–Trinajstić information content (AvgIpc) is 2.63. The second-order valence-electron chi connectivity index (χ2n) is 5.95. The van der Waals surface area contributed by atoms with Crippen molar-refractivity contribution in [1.29, 1.82) is 0 Å². The van der Waals surface area contributed by atoms with Gasteiger partial charge in [0.05, 0.1) is 11.7 Å². The molecule has 1 aromatic carbocycles. The summed E-state index contributed by atoms with van der Waals surface area (Å²) in [5.41, 5.74) is -0.672. The van der Waals surface area contributed by atoms with Crippen molar-refractivity contribution in [3.05, 3.63) is 35.4 Å². The van der Waals surface area contributed by atoms with Crippen LogP contribution >= 0.6 is 0 Å². The third-order valence-electron chi connectivity index (χ3n) is 4.15. The fourth-order valence-corrected chi connectivity index (χ4v) is 2.89. The van der Waals surface area contributed by atoms with E-state index >= 15 is 0 Å². The Kier molecular flexibility index (Phi) is 5.67. The standard InChI is InChI=1S/C16H23F2NO2/c17-12-5-6-13(14(18)9-12)15(20)10-19-11-16(21)7-3-1-2-4-8-16/h5-6,9,15,19-21H,1-4,7-8,10-11H2. The van der Waals surface area contributed by atoms with Gasteiger partial charge < -0.3 is 15.5 Å². The van der Waals surface area contributed by atoms with Gasteiger partial charge in [0.2, 0.25) is 0 Å². The summed E-state index contributed by atoms with van der Waals surface area (Å²) < 4.78 is 26.4. The molecular weight excluding hydrogens is 276 g/mol. The molecule has 1 aliphatic rings. The number of hydrogen-bond donors (Lipinski definition) is 3. The van der Waals surface area contributed by atoms with Crippen LogP contribution in [0.25, 0.3) is 0 Å².